The van der Waals surface area contributed by atoms with Gasteiger partial charge in [0, 0.05) is 17.8 Å². The highest BCUT2D eigenvalue weighted by atomic mass is 16.1. The van der Waals surface area contributed by atoms with Crippen LogP contribution in [0.25, 0.3) is 0 Å². The first-order valence-corrected chi connectivity index (χ1v) is 8.22. The molecule has 0 aliphatic heterocycles. The van der Waals surface area contributed by atoms with E-state index in [0.29, 0.717) is 0 Å². The van der Waals surface area contributed by atoms with Gasteiger partial charge in [-0.3, -0.25) is 4.79 Å². The average Bonchev–Trinajstić information content (AvgIpc) is 2.46. The highest BCUT2D eigenvalue weighted by Gasteiger charge is 2.37. The van der Waals surface area contributed by atoms with Gasteiger partial charge < -0.3 is 16.0 Å². The number of likely N-dealkylation sites (N-methyl/N-ethyl adjacent to an activating group) is 1. The van der Waals surface area contributed by atoms with Crippen LogP contribution >= 0.6 is 0 Å². The molecule has 0 bridgehead atoms. The molecule has 1 aliphatic rings. The zero-order chi connectivity index (χ0) is 16.2. The van der Waals surface area contributed by atoms with E-state index in [1.165, 1.54) is 5.56 Å². The van der Waals surface area contributed by atoms with Gasteiger partial charge in [0.05, 0.1) is 5.92 Å². The van der Waals surface area contributed by atoms with E-state index >= 15 is 0 Å². The number of hydrogen-bond acceptors (Lipinski definition) is 3. The third-order valence-electron chi connectivity index (χ3n) is 4.64. The van der Waals surface area contributed by atoms with Gasteiger partial charge in [-0.2, -0.15) is 0 Å². The first-order valence-electron chi connectivity index (χ1n) is 8.22. The minimum atomic E-state index is -0.381. The second kappa shape index (κ2) is 7.25. The highest BCUT2D eigenvalue weighted by Crippen LogP contribution is 2.32. The molecule has 1 aromatic carbocycles. The Kier molecular flexibility index (Phi) is 5.59. The van der Waals surface area contributed by atoms with Crippen LogP contribution in [-0.4, -0.2) is 37.0 Å². The second-order valence-electron chi connectivity index (χ2n) is 7.04. The van der Waals surface area contributed by atoms with Gasteiger partial charge in [-0.25, -0.2) is 0 Å². The summed E-state index contributed by atoms with van der Waals surface area (Å²) in [5, 5.41) is 3.03. The lowest BCUT2D eigenvalue weighted by Crippen LogP contribution is -2.51. The topological polar surface area (TPSA) is 58.4 Å². The highest BCUT2D eigenvalue weighted by molar-refractivity contribution is 5.93. The molecule has 0 aromatic heterocycles. The van der Waals surface area contributed by atoms with E-state index in [-0.39, 0.29) is 17.4 Å². The normalized spacial score (nSPS) is 25.2. The Labute approximate surface area is 134 Å². The molecule has 0 radical (unpaired) electrons. The second-order valence-corrected chi connectivity index (χ2v) is 7.04. The number of nitrogens with zero attached hydrogens (tertiary/aromatic N) is 1. The van der Waals surface area contributed by atoms with Crippen molar-refractivity contribution < 1.29 is 4.79 Å². The maximum absolute atomic E-state index is 12.5. The molecule has 2 rings (SSSR count). The van der Waals surface area contributed by atoms with Crippen molar-refractivity contribution in [1.29, 1.82) is 0 Å². The average molecular weight is 303 g/mol. The van der Waals surface area contributed by atoms with Gasteiger partial charge in [0.15, 0.2) is 0 Å². The van der Waals surface area contributed by atoms with Gasteiger partial charge in [0.25, 0.3) is 0 Å². The van der Waals surface area contributed by atoms with Crippen molar-refractivity contribution in [1.82, 2.24) is 4.90 Å². The van der Waals surface area contributed by atoms with E-state index in [1.807, 2.05) is 19.1 Å². The fourth-order valence-corrected chi connectivity index (χ4v) is 3.13. The molecule has 122 valence electrons. The first kappa shape index (κ1) is 17.0. The van der Waals surface area contributed by atoms with Crippen molar-refractivity contribution >= 4 is 11.6 Å². The van der Waals surface area contributed by atoms with Crippen LogP contribution in [0.2, 0.25) is 0 Å². The Morgan fingerprint density at radius 3 is 2.59 bits per heavy atom. The Hall–Kier alpha value is -1.39. The number of anilines is 1. The largest absolute Gasteiger partial charge is 0.326 e. The van der Waals surface area contributed by atoms with Crippen LogP contribution in [0.15, 0.2) is 24.3 Å². The minimum Gasteiger partial charge on any atom is -0.326 e. The number of amides is 1. The molecule has 0 heterocycles. The fraction of sp³-hybridized carbons (Fsp3) is 0.611. The van der Waals surface area contributed by atoms with Crippen molar-refractivity contribution in [3.05, 3.63) is 29.8 Å². The van der Waals surface area contributed by atoms with Crippen LogP contribution in [0, 0.1) is 5.92 Å². The van der Waals surface area contributed by atoms with Gasteiger partial charge in [-0.05, 0) is 58.0 Å². The summed E-state index contributed by atoms with van der Waals surface area (Å²) in [4.78, 5) is 14.7. The number of carbonyl (C=O) groups excluding carboxylic acids is 1. The molecule has 22 heavy (non-hydrogen) atoms. The summed E-state index contributed by atoms with van der Waals surface area (Å²) in [7, 11) is 4.14. The fourth-order valence-electron chi connectivity index (χ4n) is 3.13. The van der Waals surface area contributed by atoms with Crippen molar-refractivity contribution in [2.24, 2.45) is 11.7 Å². The van der Waals surface area contributed by atoms with Crippen molar-refractivity contribution in [2.75, 3.05) is 26.0 Å². The summed E-state index contributed by atoms with van der Waals surface area (Å²) in [5.41, 5.74) is 8.07. The molecule has 2 atom stereocenters. The molecule has 0 spiro atoms. The molecule has 3 N–H and O–H groups in total. The predicted molar refractivity (Wildman–Crippen MR) is 91.9 cm³/mol. The smallest absolute Gasteiger partial charge is 0.229 e. The van der Waals surface area contributed by atoms with Crippen LogP contribution in [0.4, 0.5) is 5.69 Å². The third kappa shape index (κ3) is 4.55. The number of nitrogens with two attached hydrogens (primary N) is 1. The molecule has 1 amide bonds. The molecule has 1 saturated carbocycles. The van der Waals surface area contributed by atoms with Crippen LogP contribution in [0.1, 0.15) is 38.2 Å². The maximum atomic E-state index is 12.5. The number of benzene rings is 1. The number of hydrogen-bond donors (Lipinski definition) is 2. The Morgan fingerprint density at radius 1 is 1.32 bits per heavy atom. The van der Waals surface area contributed by atoms with E-state index < -0.39 is 0 Å². The van der Waals surface area contributed by atoms with Gasteiger partial charge in [-0.15, -0.1) is 0 Å². The SMILES string of the molecule is CN(C)CCc1ccc(NC(=O)C2CCCCC2(C)N)cc1. The summed E-state index contributed by atoms with van der Waals surface area (Å²) in [6.45, 7) is 3.03. The lowest BCUT2D eigenvalue weighted by molar-refractivity contribution is -0.122. The van der Waals surface area contributed by atoms with Gasteiger partial charge >= 0.3 is 0 Å². The number of nitrogens with one attached hydrogen (secondary N) is 1. The van der Waals surface area contributed by atoms with Crippen LogP contribution < -0.4 is 11.1 Å². The molecular formula is C18H29N3O. The first-order chi connectivity index (χ1) is 10.4. The molecular weight excluding hydrogens is 274 g/mol. The van der Waals surface area contributed by atoms with Gasteiger partial charge in [0.1, 0.15) is 0 Å². The standard InChI is InChI=1S/C18H29N3O/c1-18(19)12-5-4-6-16(18)17(22)20-15-9-7-14(8-10-15)11-13-21(2)3/h7-10,16H,4-6,11-13,19H2,1-3H3,(H,20,22). The van der Waals surface area contributed by atoms with Crippen molar-refractivity contribution in [2.45, 2.75) is 44.6 Å². The lowest BCUT2D eigenvalue weighted by atomic mass is 9.74. The van der Waals surface area contributed by atoms with Gasteiger partial charge in [0.2, 0.25) is 5.91 Å². The summed E-state index contributed by atoms with van der Waals surface area (Å²) in [6.07, 6.45) is 5.05. The van der Waals surface area contributed by atoms with E-state index in [2.05, 4.69) is 36.4 Å². The zero-order valence-electron chi connectivity index (χ0n) is 14.1. The Morgan fingerprint density at radius 2 is 2.00 bits per heavy atom. The Balaban J connectivity index is 1.94. The van der Waals surface area contributed by atoms with Crippen LogP contribution in [-0.2, 0) is 11.2 Å². The number of rotatable bonds is 5. The van der Waals surface area contributed by atoms with E-state index in [0.717, 1.165) is 44.3 Å². The summed E-state index contributed by atoms with van der Waals surface area (Å²) >= 11 is 0. The van der Waals surface area contributed by atoms with E-state index in [1.54, 1.807) is 0 Å². The summed E-state index contributed by atoms with van der Waals surface area (Å²) in [6, 6.07) is 8.14. The molecule has 0 saturated heterocycles. The van der Waals surface area contributed by atoms with Crippen LogP contribution in [0.3, 0.4) is 0 Å². The molecule has 1 aliphatic carbocycles. The Bertz CT molecular complexity index is 494. The summed E-state index contributed by atoms with van der Waals surface area (Å²) < 4.78 is 0. The van der Waals surface area contributed by atoms with Crippen molar-refractivity contribution in [3.8, 4) is 0 Å². The lowest BCUT2D eigenvalue weighted by Gasteiger charge is -2.37. The van der Waals surface area contributed by atoms with Gasteiger partial charge in [-0.1, -0.05) is 25.0 Å². The third-order valence-corrected chi connectivity index (χ3v) is 4.64. The number of carbonyl (C=O) groups is 1. The van der Waals surface area contributed by atoms with Crippen molar-refractivity contribution in [3.63, 3.8) is 0 Å². The monoisotopic (exact) mass is 303 g/mol. The predicted octanol–water partition coefficient (Wildman–Crippen LogP) is 2.64. The van der Waals surface area contributed by atoms with E-state index in [4.69, 9.17) is 5.73 Å². The van der Waals surface area contributed by atoms with Crippen LogP contribution in [0.5, 0.6) is 0 Å². The summed E-state index contributed by atoms with van der Waals surface area (Å²) in [5.74, 6) is -0.0274. The van der Waals surface area contributed by atoms with E-state index in [9.17, 15) is 4.79 Å². The maximum Gasteiger partial charge on any atom is 0.229 e. The molecule has 4 nitrogen and oxygen atoms in total. The molecule has 1 aromatic rings. The zero-order valence-corrected chi connectivity index (χ0v) is 14.1. The molecule has 2 unspecified atom stereocenters. The molecule has 1 fully saturated rings. The quantitative estimate of drug-likeness (QED) is 0.879. The molecule has 4 heteroatoms. The minimum absolute atomic E-state index is 0.0609.